The molecule has 0 aliphatic carbocycles. The summed E-state index contributed by atoms with van der Waals surface area (Å²) in [4.78, 5) is 12.8. The van der Waals surface area contributed by atoms with E-state index in [2.05, 4.69) is 0 Å². The van der Waals surface area contributed by atoms with Crippen molar-refractivity contribution in [1.29, 1.82) is 5.41 Å². The van der Waals surface area contributed by atoms with Crippen molar-refractivity contribution in [2.45, 2.75) is 13.1 Å². The summed E-state index contributed by atoms with van der Waals surface area (Å²) in [6.45, 7) is 0.305. The smallest absolute Gasteiger partial charge is 0.422 e. The maximum Gasteiger partial charge on any atom is 0.422 e. The van der Waals surface area contributed by atoms with Crippen LogP contribution in [0.25, 0.3) is 0 Å². The fourth-order valence-corrected chi connectivity index (χ4v) is 2.42. The van der Waals surface area contributed by atoms with Crippen LogP contribution in [0, 0.1) is 12.3 Å². The molecule has 0 saturated carbocycles. The van der Waals surface area contributed by atoms with Gasteiger partial charge in [0.05, 0.1) is 11.4 Å². The van der Waals surface area contributed by atoms with Crippen LogP contribution in [-0.4, -0.2) is 29.6 Å². The zero-order chi connectivity index (χ0) is 14.9. The minimum Gasteiger partial charge on any atom is -0.482 e. The summed E-state index contributed by atoms with van der Waals surface area (Å²) in [6, 6.07) is 4.50. The Morgan fingerprint density at radius 1 is 1.45 bits per heavy atom. The maximum absolute atomic E-state index is 12.2. The van der Waals surface area contributed by atoms with E-state index in [0.717, 1.165) is 22.2 Å². The molecule has 1 aromatic rings. The Morgan fingerprint density at radius 2 is 2.15 bits per heavy atom. The normalized spacial score (nSPS) is 15.9. The van der Waals surface area contributed by atoms with Crippen molar-refractivity contribution >= 4 is 28.5 Å². The van der Waals surface area contributed by atoms with E-state index in [9.17, 15) is 18.0 Å². The number of amidine groups is 1. The first-order valence-corrected chi connectivity index (χ1v) is 6.61. The number of hydrogen-bond acceptors (Lipinski definition) is 4. The molecule has 1 fully saturated rings. The molecule has 0 atom stereocenters. The summed E-state index contributed by atoms with van der Waals surface area (Å²) < 4.78 is 41.4. The molecule has 2 rings (SSSR count). The molecular formula is C12H11F3N2O2S. The van der Waals surface area contributed by atoms with E-state index < -0.39 is 12.8 Å². The number of aryl methyl sites for hydroxylation is 1. The summed E-state index contributed by atoms with van der Waals surface area (Å²) in [5.74, 6) is -0.304. The Bertz CT molecular complexity index is 544. The monoisotopic (exact) mass is 304 g/mol. The van der Waals surface area contributed by atoms with Crippen LogP contribution in [0.4, 0.5) is 18.9 Å². The molecule has 0 unspecified atom stereocenters. The van der Waals surface area contributed by atoms with Gasteiger partial charge in [-0.05, 0) is 24.6 Å². The summed E-state index contributed by atoms with van der Waals surface area (Å²) in [7, 11) is 0. The fourth-order valence-electron chi connectivity index (χ4n) is 1.70. The highest BCUT2D eigenvalue weighted by Gasteiger charge is 2.33. The van der Waals surface area contributed by atoms with Crippen LogP contribution in [0.5, 0.6) is 5.75 Å². The van der Waals surface area contributed by atoms with Gasteiger partial charge in [0.2, 0.25) is 5.91 Å². The van der Waals surface area contributed by atoms with E-state index in [1.165, 1.54) is 12.1 Å². The van der Waals surface area contributed by atoms with Crippen molar-refractivity contribution < 1.29 is 22.7 Å². The zero-order valence-corrected chi connectivity index (χ0v) is 11.3. The lowest BCUT2D eigenvalue weighted by Crippen LogP contribution is -2.29. The molecule has 108 valence electrons. The first-order valence-electron chi connectivity index (χ1n) is 5.62. The molecule has 1 heterocycles. The summed E-state index contributed by atoms with van der Waals surface area (Å²) in [5.41, 5.74) is 0.936. The first kappa shape index (κ1) is 14.7. The Balaban J connectivity index is 2.33. The predicted octanol–water partition coefficient (Wildman–Crippen LogP) is 2.95. The number of thioether (sulfide) groups is 1. The minimum atomic E-state index is -4.46. The van der Waals surface area contributed by atoms with Crippen molar-refractivity contribution in [3.8, 4) is 5.75 Å². The van der Waals surface area contributed by atoms with Crippen LogP contribution in [0.15, 0.2) is 18.2 Å². The lowest BCUT2D eigenvalue weighted by Gasteiger charge is -2.20. The fraction of sp³-hybridized carbons (Fsp3) is 0.333. The highest BCUT2D eigenvalue weighted by atomic mass is 32.2. The summed E-state index contributed by atoms with van der Waals surface area (Å²) in [5, 5.41) is 7.67. The third kappa shape index (κ3) is 3.24. The van der Waals surface area contributed by atoms with E-state index in [1.54, 1.807) is 13.0 Å². The topological polar surface area (TPSA) is 53.4 Å². The number of carbonyl (C=O) groups excluding carboxylic acids is 1. The number of rotatable bonds is 3. The average Bonchev–Trinajstić information content (AvgIpc) is 2.66. The standard InChI is InChI=1S/C12H11F3N2O2S/c1-7-2-3-9(19-6-12(13,14)15)8(4-7)17-10(18)5-20-11(17)16/h2-4,16H,5-6H2,1H3. The van der Waals surface area contributed by atoms with Gasteiger partial charge in [0.15, 0.2) is 11.8 Å². The van der Waals surface area contributed by atoms with Gasteiger partial charge in [0.1, 0.15) is 5.75 Å². The van der Waals surface area contributed by atoms with Crippen LogP contribution in [0.3, 0.4) is 0 Å². The lowest BCUT2D eigenvalue weighted by atomic mass is 10.2. The highest BCUT2D eigenvalue weighted by molar-refractivity contribution is 8.15. The second kappa shape index (κ2) is 5.35. The van der Waals surface area contributed by atoms with Crippen LogP contribution in [0.1, 0.15) is 5.56 Å². The van der Waals surface area contributed by atoms with Crippen molar-refractivity contribution in [3.63, 3.8) is 0 Å². The number of hydrogen-bond donors (Lipinski definition) is 1. The minimum absolute atomic E-state index is 0.0162. The highest BCUT2D eigenvalue weighted by Crippen LogP contribution is 2.35. The Morgan fingerprint density at radius 3 is 2.70 bits per heavy atom. The third-order valence-corrected chi connectivity index (χ3v) is 3.38. The zero-order valence-electron chi connectivity index (χ0n) is 10.5. The molecule has 0 radical (unpaired) electrons. The van der Waals surface area contributed by atoms with Crippen molar-refractivity contribution in [3.05, 3.63) is 23.8 Å². The maximum atomic E-state index is 12.2. The second-order valence-electron chi connectivity index (χ2n) is 4.20. The van der Waals surface area contributed by atoms with Gasteiger partial charge in [-0.25, -0.2) is 0 Å². The lowest BCUT2D eigenvalue weighted by molar-refractivity contribution is -0.153. The molecule has 0 aromatic heterocycles. The SMILES string of the molecule is Cc1ccc(OCC(F)(F)F)c(N2C(=N)SCC2=O)c1. The molecule has 1 saturated heterocycles. The van der Waals surface area contributed by atoms with Gasteiger partial charge in [-0.2, -0.15) is 13.2 Å². The second-order valence-corrected chi connectivity index (χ2v) is 5.16. The number of anilines is 1. The van der Waals surface area contributed by atoms with Gasteiger partial charge < -0.3 is 4.74 Å². The molecule has 0 spiro atoms. The number of benzene rings is 1. The van der Waals surface area contributed by atoms with Gasteiger partial charge >= 0.3 is 6.18 Å². The predicted molar refractivity (Wildman–Crippen MR) is 70.4 cm³/mol. The first-order chi connectivity index (χ1) is 9.28. The molecule has 4 nitrogen and oxygen atoms in total. The Kier molecular flexibility index (Phi) is 3.94. The van der Waals surface area contributed by atoms with Crippen LogP contribution in [-0.2, 0) is 4.79 Å². The molecule has 20 heavy (non-hydrogen) atoms. The third-order valence-electron chi connectivity index (χ3n) is 2.53. The number of alkyl halides is 3. The molecule has 1 aliphatic heterocycles. The van der Waals surface area contributed by atoms with Crippen LogP contribution in [0.2, 0.25) is 0 Å². The van der Waals surface area contributed by atoms with Crippen LogP contribution >= 0.6 is 11.8 Å². The van der Waals surface area contributed by atoms with E-state index in [-0.39, 0.29) is 28.3 Å². The van der Waals surface area contributed by atoms with Gasteiger partial charge in [-0.3, -0.25) is 15.1 Å². The number of carbonyl (C=O) groups is 1. The van der Waals surface area contributed by atoms with Crippen molar-refractivity contribution in [2.24, 2.45) is 0 Å². The van der Waals surface area contributed by atoms with Gasteiger partial charge in [0, 0.05) is 0 Å². The molecule has 1 aromatic carbocycles. The van der Waals surface area contributed by atoms with E-state index in [4.69, 9.17) is 10.1 Å². The van der Waals surface area contributed by atoms with E-state index in [1.807, 2.05) is 0 Å². The molecule has 1 amide bonds. The Hall–Kier alpha value is -1.70. The Labute approximate surface area is 117 Å². The van der Waals surface area contributed by atoms with Gasteiger partial charge in [-0.1, -0.05) is 17.8 Å². The average molecular weight is 304 g/mol. The molecular weight excluding hydrogens is 293 g/mol. The number of amides is 1. The number of halogens is 3. The molecule has 1 N–H and O–H groups in total. The van der Waals surface area contributed by atoms with Gasteiger partial charge in [0.25, 0.3) is 0 Å². The summed E-state index contributed by atoms with van der Waals surface area (Å²) in [6.07, 6.45) is -4.46. The quantitative estimate of drug-likeness (QED) is 0.934. The number of nitrogens with zero attached hydrogens (tertiary/aromatic N) is 1. The summed E-state index contributed by atoms with van der Waals surface area (Å²) >= 11 is 1.03. The number of ether oxygens (including phenoxy) is 1. The van der Waals surface area contributed by atoms with Crippen molar-refractivity contribution in [1.82, 2.24) is 0 Å². The van der Waals surface area contributed by atoms with Gasteiger partial charge in [-0.15, -0.1) is 0 Å². The molecule has 0 bridgehead atoms. The largest absolute Gasteiger partial charge is 0.482 e. The molecule has 1 aliphatic rings. The molecule has 8 heteroatoms. The van der Waals surface area contributed by atoms with E-state index >= 15 is 0 Å². The van der Waals surface area contributed by atoms with Crippen LogP contribution < -0.4 is 9.64 Å². The number of nitrogens with one attached hydrogen (secondary N) is 1. The van der Waals surface area contributed by atoms with E-state index in [0.29, 0.717) is 0 Å². The van der Waals surface area contributed by atoms with Crippen molar-refractivity contribution in [2.75, 3.05) is 17.3 Å².